The van der Waals surface area contributed by atoms with E-state index in [4.69, 9.17) is 4.42 Å². The molecule has 2 N–H and O–H groups in total. The van der Waals surface area contributed by atoms with Crippen LogP contribution >= 0.6 is 0 Å². The third-order valence-corrected chi connectivity index (χ3v) is 3.76. The van der Waals surface area contributed by atoms with Gasteiger partial charge in [-0.15, -0.1) is 10.2 Å². The summed E-state index contributed by atoms with van der Waals surface area (Å²) in [5, 5.41) is 18.3. The van der Waals surface area contributed by atoms with Gasteiger partial charge in [0.05, 0.1) is 6.26 Å². The summed E-state index contributed by atoms with van der Waals surface area (Å²) in [6.45, 7) is 0. The second-order valence-corrected chi connectivity index (χ2v) is 5.77. The molecule has 3 heterocycles. The molecular formula is C20H16N6O2. The maximum Gasteiger partial charge on any atom is 0.248 e. The normalized spacial score (nSPS) is 10.9. The molecule has 8 nitrogen and oxygen atoms in total. The fourth-order valence-corrected chi connectivity index (χ4v) is 2.43. The maximum atomic E-state index is 11.9. The van der Waals surface area contributed by atoms with Crippen molar-refractivity contribution in [1.82, 2.24) is 20.0 Å². The monoisotopic (exact) mass is 372 g/mol. The lowest BCUT2D eigenvalue weighted by molar-refractivity contribution is -0.111. The third kappa shape index (κ3) is 4.31. The van der Waals surface area contributed by atoms with E-state index in [1.165, 1.54) is 6.08 Å². The van der Waals surface area contributed by atoms with Crippen LogP contribution in [-0.4, -0.2) is 25.9 Å². The van der Waals surface area contributed by atoms with Crippen LogP contribution in [0.15, 0.2) is 83.7 Å². The van der Waals surface area contributed by atoms with E-state index < -0.39 is 0 Å². The lowest BCUT2D eigenvalue weighted by atomic mass is 10.2. The van der Waals surface area contributed by atoms with Crippen molar-refractivity contribution in [3.63, 3.8) is 0 Å². The highest BCUT2D eigenvalue weighted by molar-refractivity contribution is 6.01. The molecule has 0 atom stereocenters. The highest BCUT2D eigenvalue weighted by Crippen LogP contribution is 2.18. The number of anilines is 3. The summed E-state index contributed by atoms with van der Waals surface area (Å²) >= 11 is 0. The van der Waals surface area contributed by atoms with Gasteiger partial charge in [0, 0.05) is 29.8 Å². The Labute approximate surface area is 160 Å². The Morgan fingerprint density at radius 2 is 1.86 bits per heavy atom. The number of aromatic nitrogens is 4. The van der Waals surface area contributed by atoms with E-state index in [9.17, 15) is 4.79 Å². The molecule has 0 fully saturated rings. The summed E-state index contributed by atoms with van der Waals surface area (Å²) < 4.78 is 6.78. The van der Waals surface area contributed by atoms with Gasteiger partial charge < -0.3 is 15.1 Å². The Hall–Kier alpha value is -4.20. The third-order valence-electron chi connectivity index (χ3n) is 3.76. The first kappa shape index (κ1) is 17.2. The summed E-state index contributed by atoms with van der Waals surface area (Å²) in [7, 11) is 0. The molecule has 1 amide bonds. The predicted octanol–water partition coefficient (Wildman–Crippen LogP) is 3.65. The quantitative estimate of drug-likeness (QED) is 0.501. The minimum atomic E-state index is -0.239. The van der Waals surface area contributed by atoms with Gasteiger partial charge >= 0.3 is 0 Å². The number of amides is 1. The lowest BCUT2D eigenvalue weighted by Crippen LogP contribution is -2.07. The number of hydrogen-bond acceptors (Lipinski definition) is 6. The minimum Gasteiger partial charge on any atom is -0.465 e. The van der Waals surface area contributed by atoms with Crippen molar-refractivity contribution in [3.8, 4) is 5.82 Å². The van der Waals surface area contributed by atoms with E-state index in [1.807, 2.05) is 30.3 Å². The molecule has 0 aliphatic carbocycles. The first-order valence-electron chi connectivity index (χ1n) is 8.50. The van der Waals surface area contributed by atoms with Crippen LogP contribution in [0.1, 0.15) is 5.76 Å². The number of nitrogens with zero attached hydrogens (tertiary/aromatic N) is 4. The Kier molecular flexibility index (Phi) is 4.92. The predicted molar refractivity (Wildman–Crippen MR) is 105 cm³/mol. The van der Waals surface area contributed by atoms with Crippen LogP contribution in [0, 0.1) is 0 Å². The van der Waals surface area contributed by atoms with Crippen LogP contribution < -0.4 is 10.6 Å². The van der Waals surface area contributed by atoms with Crippen molar-refractivity contribution in [1.29, 1.82) is 0 Å². The van der Waals surface area contributed by atoms with Crippen LogP contribution in [0.25, 0.3) is 11.9 Å². The summed E-state index contributed by atoms with van der Waals surface area (Å²) in [5.41, 5.74) is 1.50. The van der Waals surface area contributed by atoms with Crippen molar-refractivity contribution in [2.75, 3.05) is 10.6 Å². The van der Waals surface area contributed by atoms with Crippen molar-refractivity contribution in [3.05, 3.63) is 85.1 Å². The van der Waals surface area contributed by atoms with Gasteiger partial charge in [-0.3, -0.25) is 4.79 Å². The topological polar surface area (TPSA) is 97.9 Å². The first-order chi connectivity index (χ1) is 13.8. The fourth-order valence-electron chi connectivity index (χ4n) is 2.43. The summed E-state index contributed by atoms with van der Waals surface area (Å²) in [6, 6.07) is 16.3. The number of carbonyl (C=O) groups excluding carboxylic acids is 1. The summed E-state index contributed by atoms with van der Waals surface area (Å²) in [6.07, 6.45) is 8.06. The molecule has 0 unspecified atom stereocenters. The largest absolute Gasteiger partial charge is 0.465 e. The molecule has 4 rings (SSSR count). The molecule has 1 aromatic carbocycles. The van der Waals surface area contributed by atoms with E-state index in [1.54, 1.807) is 53.7 Å². The second-order valence-electron chi connectivity index (χ2n) is 5.77. The second kappa shape index (κ2) is 8.00. The van der Waals surface area contributed by atoms with E-state index >= 15 is 0 Å². The number of nitrogens with one attached hydrogen (secondary N) is 2. The molecule has 138 valence electrons. The molecule has 0 aliphatic rings. The average Bonchev–Trinajstić information content (AvgIpc) is 3.43. The van der Waals surface area contributed by atoms with Crippen LogP contribution in [0.3, 0.4) is 0 Å². The molecule has 0 bridgehead atoms. The van der Waals surface area contributed by atoms with Crippen LogP contribution in [0.2, 0.25) is 0 Å². The zero-order valence-corrected chi connectivity index (χ0v) is 14.7. The Morgan fingerprint density at radius 3 is 2.54 bits per heavy atom. The summed E-state index contributed by atoms with van der Waals surface area (Å²) in [4.78, 5) is 11.9. The van der Waals surface area contributed by atoms with E-state index in [-0.39, 0.29) is 5.91 Å². The fraction of sp³-hybridized carbons (Fsp3) is 0. The van der Waals surface area contributed by atoms with Gasteiger partial charge in [0.25, 0.3) is 0 Å². The van der Waals surface area contributed by atoms with Gasteiger partial charge in [-0.05, 0) is 60.7 Å². The number of benzene rings is 1. The molecule has 4 aromatic rings. The molecule has 8 heteroatoms. The van der Waals surface area contributed by atoms with Crippen LogP contribution in [-0.2, 0) is 4.79 Å². The van der Waals surface area contributed by atoms with Gasteiger partial charge in [0.1, 0.15) is 5.76 Å². The van der Waals surface area contributed by atoms with Crippen molar-refractivity contribution in [2.45, 2.75) is 0 Å². The van der Waals surface area contributed by atoms with Crippen molar-refractivity contribution in [2.24, 2.45) is 0 Å². The average molecular weight is 372 g/mol. The SMILES string of the molecule is O=C(C=Cc1ccco1)Nc1ccc(Nc2ccc(-n3cccn3)nn2)cc1. The molecule has 28 heavy (non-hydrogen) atoms. The Bertz CT molecular complexity index is 1050. The van der Waals surface area contributed by atoms with Gasteiger partial charge in [0.15, 0.2) is 11.6 Å². The van der Waals surface area contributed by atoms with Gasteiger partial charge in [-0.1, -0.05) is 0 Å². The molecular weight excluding hydrogens is 356 g/mol. The molecule has 0 aliphatic heterocycles. The van der Waals surface area contributed by atoms with Crippen LogP contribution in [0.4, 0.5) is 17.2 Å². The highest BCUT2D eigenvalue weighted by atomic mass is 16.3. The Morgan fingerprint density at radius 1 is 1.00 bits per heavy atom. The number of rotatable bonds is 6. The highest BCUT2D eigenvalue weighted by Gasteiger charge is 2.02. The maximum absolute atomic E-state index is 11.9. The molecule has 0 spiro atoms. The number of carbonyl (C=O) groups is 1. The van der Waals surface area contributed by atoms with Crippen molar-refractivity contribution < 1.29 is 9.21 Å². The number of hydrogen-bond donors (Lipinski definition) is 2. The lowest BCUT2D eigenvalue weighted by Gasteiger charge is -2.07. The van der Waals surface area contributed by atoms with E-state index in [0.29, 0.717) is 23.1 Å². The van der Waals surface area contributed by atoms with E-state index in [0.717, 1.165) is 5.69 Å². The van der Waals surface area contributed by atoms with Crippen LogP contribution in [0.5, 0.6) is 0 Å². The number of furan rings is 1. The smallest absolute Gasteiger partial charge is 0.248 e. The van der Waals surface area contributed by atoms with Crippen molar-refractivity contribution >= 4 is 29.2 Å². The van der Waals surface area contributed by atoms with E-state index in [2.05, 4.69) is 25.9 Å². The zero-order valence-electron chi connectivity index (χ0n) is 14.7. The zero-order chi connectivity index (χ0) is 19.2. The molecule has 3 aromatic heterocycles. The van der Waals surface area contributed by atoms with Gasteiger partial charge in [-0.25, -0.2) is 4.68 Å². The molecule has 0 radical (unpaired) electrons. The standard InChI is InChI=1S/C20H16N6O2/c27-20(11-8-17-3-1-14-28-17)23-16-6-4-15(5-7-16)22-18-9-10-19(25-24-18)26-13-2-12-21-26/h1-14H,(H,22,24)(H,23,27). The minimum absolute atomic E-state index is 0.239. The first-order valence-corrected chi connectivity index (χ1v) is 8.50. The van der Waals surface area contributed by atoms with Gasteiger partial charge in [0.2, 0.25) is 5.91 Å². The molecule has 0 saturated heterocycles. The summed E-state index contributed by atoms with van der Waals surface area (Å²) in [5.74, 6) is 1.62. The molecule has 0 saturated carbocycles. The van der Waals surface area contributed by atoms with Gasteiger partial charge in [-0.2, -0.15) is 5.10 Å². The Balaban J connectivity index is 1.34.